The van der Waals surface area contributed by atoms with Crippen molar-refractivity contribution < 1.29 is 29.4 Å². The van der Waals surface area contributed by atoms with E-state index in [0.717, 1.165) is 80.0 Å². The van der Waals surface area contributed by atoms with Gasteiger partial charge < -0.3 is 24.9 Å². The van der Waals surface area contributed by atoms with Crippen molar-refractivity contribution in [2.24, 2.45) is 0 Å². The molecule has 360 valence electrons. The average Bonchev–Trinajstić information content (AvgIpc) is 3.82. The lowest BCUT2D eigenvalue weighted by atomic mass is 9.79. The molecule has 0 spiro atoms. The third kappa shape index (κ3) is 10.1. The first-order valence-electron chi connectivity index (χ1n) is 23.9. The molecule has 10 nitrogen and oxygen atoms in total. The minimum absolute atomic E-state index is 0.0257. The first kappa shape index (κ1) is 49.7. The van der Waals surface area contributed by atoms with Gasteiger partial charge in [0.25, 0.3) is 5.91 Å². The van der Waals surface area contributed by atoms with Crippen molar-refractivity contribution in [2.45, 2.75) is 77.7 Å². The highest BCUT2D eigenvalue weighted by molar-refractivity contribution is 8.26. The molecule has 1 unspecified atom stereocenters. The molecule has 8 rings (SSSR count). The summed E-state index contributed by atoms with van der Waals surface area (Å²) < 4.78 is 0.351. The molecule has 1 fully saturated rings. The number of Topliss-reactive ketones (excluding diaryl/α,β-unsaturated/α-hetero) is 1. The Morgan fingerprint density at radius 2 is 1.49 bits per heavy atom. The molecule has 3 heterocycles. The fourth-order valence-electron chi connectivity index (χ4n) is 10.2. The number of rotatable bonds is 18. The Morgan fingerprint density at radius 3 is 2.19 bits per heavy atom. The predicted octanol–water partition coefficient (Wildman–Crippen LogP) is 11.4. The number of hydrogen-bond acceptors (Lipinski definition) is 9. The Balaban J connectivity index is 1.06. The molecule has 0 radical (unpaired) electrons. The molecule has 5 aromatic carbocycles. The van der Waals surface area contributed by atoms with E-state index in [2.05, 4.69) is 123 Å². The number of allylic oxidation sites excluding steroid dienone is 5. The van der Waals surface area contributed by atoms with E-state index in [4.69, 9.17) is 12.2 Å². The monoisotopic (exact) mass is 972 g/mol. The number of nitrogens with zero attached hydrogens (tertiary/aromatic N) is 4. The van der Waals surface area contributed by atoms with Crippen LogP contribution in [0.4, 0.5) is 17.1 Å². The number of anilines is 3. The van der Waals surface area contributed by atoms with Crippen LogP contribution in [0.5, 0.6) is 0 Å². The second kappa shape index (κ2) is 20.7. The standard InChI is InChI=1S/C58H60N4O6S2/c1-7-59(8-2)43-24-18-38(19-25-43)36-49-55(68)62(56(69)70-49)37-44(63)34-39-20-27-48-47(35-39)58(5,6)50(60(48)32-30-52(64)65)28-22-41(40-14-10-9-11-15-40)23-29-51-57(3,4)46-26-21-42-16-12-13-17-45(42)54(46)61(51)33-31-53(66)67/h9-29,35-36,50H,7-8,30-34,37H2,1-6H3,(H,64,65)(H,66,67)/b28-22+,41-23-,49-36+,51-29+. The molecule has 1 saturated heterocycles. The van der Waals surface area contributed by atoms with Gasteiger partial charge >= 0.3 is 11.9 Å². The Bertz CT molecular complexity index is 2990. The van der Waals surface area contributed by atoms with Gasteiger partial charge in [-0.3, -0.25) is 24.1 Å². The maximum absolute atomic E-state index is 13.8. The molecule has 0 aliphatic carbocycles. The number of ketones is 1. The lowest BCUT2D eigenvalue weighted by Gasteiger charge is -2.32. The minimum Gasteiger partial charge on any atom is -0.481 e. The van der Waals surface area contributed by atoms with Crippen LogP contribution >= 0.6 is 24.0 Å². The van der Waals surface area contributed by atoms with E-state index in [1.807, 2.05) is 72.8 Å². The van der Waals surface area contributed by atoms with Crippen LogP contribution in [-0.2, 0) is 36.4 Å². The molecule has 2 N–H and O–H groups in total. The van der Waals surface area contributed by atoms with Gasteiger partial charge in [-0.25, -0.2) is 0 Å². The summed E-state index contributed by atoms with van der Waals surface area (Å²) in [5.41, 5.74) is 8.82. The number of thiocarbonyl (C=S) groups is 1. The summed E-state index contributed by atoms with van der Waals surface area (Å²) in [4.78, 5) is 59.9. The lowest BCUT2D eigenvalue weighted by molar-refractivity contribution is -0.137. The van der Waals surface area contributed by atoms with Crippen LogP contribution in [0, 0.1) is 0 Å². The van der Waals surface area contributed by atoms with Gasteiger partial charge in [0.15, 0.2) is 5.78 Å². The van der Waals surface area contributed by atoms with Crippen LogP contribution in [0.15, 0.2) is 144 Å². The first-order valence-corrected chi connectivity index (χ1v) is 25.2. The first-order chi connectivity index (χ1) is 33.5. The Hall–Kier alpha value is -6.76. The zero-order valence-electron chi connectivity index (χ0n) is 40.6. The molecule has 70 heavy (non-hydrogen) atoms. The molecule has 12 heteroatoms. The van der Waals surface area contributed by atoms with E-state index in [1.54, 1.807) is 0 Å². The highest BCUT2D eigenvalue weighted by atomic mass is 32.2. The van der Waals surface area contributed by atoms with Crippen LogP contribution in [0.2, 0.25) is 0 Å². The summed E-state index contributed by atoms with van der Waals surface area (Å²) in [5.74, 6) is -2.19. The van der Waals surface area contributed by atoms with Crippen LogP contribution in [0.1, 0.15) is 82.2 Å². The SMILES string of the molecule is CCN(CC)c1ccc(/C=C2/SC(=S)N(CC(=O)Cc3ccc4c(c3)C(C)(C)C(/C=C/C(=C/C=C3/N(CCC(=O)O)c5c(ccc6ccccc56)C3(C)C)c3ccccc3)N4CCC(=O)O)C2=O)cc1. The summed E-state index contributed by atoms with van der Waals surface area (Å²) >= 11 is 6.82. The highest BCUT2D eigenvalue weighted by Gasteiger charge is 2.44. The van der Waals surface area contributed by atoms with E-state index < -0.39 is 22.8 Å². The highest BCUT2D eigenvalue weighted by Crippen LogP contribution is 2.51. The van der Waals surface area contributed by atoms with Gasteiger partial charge in [-0.2, -0.15) is 0 Å². The number of carbonyl (C=O) groups is 4. The number of carboxylic acids is 2. The zero-order valence-corrected chi connectivity index (χ0v) is 42.3. The van der Waals surface area contributed by atoms with Crippen molar-refractivity contribution in [1.82, 2.24) is 4.90 Å². The molecule has 1 amide bonds. The molecule has 1 atom stereocenters. The third-order valence-electron chi connectivity index (χ3n) is 13.9. The fourth-order valence-corrected chi connectivity index (χ4v) is 11.5. The number of thioether (sulfide) groups is 1. The molecular weight excluding hydrogens is 913 g/mol. The van der Waals surface area contributed by atoms with E-state index in [9.17, 15) is 29.4 Å². The smallest absolute Gasteiger partial charge is 0.305 e. The Kier molecular flexibility index (Phi) is 14.7. The van der Waals surface area contributed by atoms with E-state index in [1.165, 1.54) is 16.7 Å². The summed E-state index contributed by atoms with van der Waals surface area (Å²) in [6.07, 6.45) is 10.3. The maximum Gasteiger partial charge on any atom is 0.305 e. The average molecular weight is 973 g/mol. The molecule has 0 aromatic heterocycles. The van der Waals surface area contributed by atoms with E-state index in [0.29, 0.717) is 15.8 Å². The largest absolute Gasteiger partial charge is 0.481 e. The normalized spacial score (nSPS) is 18.4. The predicted molar refractivity (Wildman–Crippen MR) is 290 cm³/mol. The van der Waals surface area contributed by atoms with Gasteiger partial charge in [0.05, 0.1) is 36.0 Å². The van der Waals surface area contributed by atoms with Crippen molar-refractivity contribution in [1.29, 1.82) is 0 Å². The van der Waals surface area contributed by atoms with Crippen molar-refractivity contribution in [3.05, 3.63) is 172 Å². The van der Waals surface area contributed by atoms with Crippen LogP contribution in [0.3, 0.4) is 0 Å². The van der Waals surface area contributed by atoms with E-state index in [-0.39, 0.29) is 50.1 Å². The number of carboxylic acid groups (broad SMARTS) is 2. The van der Waals surface area contributed by atoms with Gasteiger partial charge in [-0.15, -0.1) is 0 Å². The Morgan fingerprint density at radius 1 is 0.800 bits per heavy atom. The number of fused-ring (bicyclic) bond motifs is 4. The Labute approximate surface area is 420 Å². The number of hydrogen-bond donors (Lipinski definition) is 2. The number of carbonyl (C=O) groups excluding carboxylic acids is 2. The van der Waals surface area contributed by atoms with Gasteiger partial charge in [0, 0.05) is 65.9 Å². The third-order valence-corrected chi connectivity index (χ3v) is 15.3. The van der Waals surface area contributed by atoms with Crippen molar-refractivity contribution in [2.75, 3.05) is 47.4 Å². The summed E-state index contributed by atoms with van der Waals surface area (Å²) in [5, 5.41) is 21.9. The minimum atomic E-state index is -0.896. The van der Waals surface area contributed by atoms with Crippen LogP contribution in [0.25, 0.3) is 22.4 Å². The van der Waals surface area contributed by atoms with Gasteiger partial charge in [-0.1, -0.05) is 161 Å². The van der Waals surface area contributed by atoms with Crippen molar-refractivity contribution in [3.8, 4) is 0 Å². The van der Waals surface area contributed by atoms with Crippen LogP contribution < -0.4 is 14.7 Å². The molecule has 3 aliphatic heterocycles. The number of amides is 1. The fraction of sp³-hybridized carbons (Fsp3) is 0.293. The van der Waals surface area contributed by atoms with Gasteiger partial charge in [0.2, 0.25) is 0 Å². The quantitative estimate of drug-likeness (QED) is 0.0496. The topological polar surface area (TPSA) is 122 Å². The van der Waals surface area contributed by atoms with E-state index >= 15 is 0 Å². The second-order valence-electron chi connectivity index (χ2n) is 19.1. The summed E-state index contributed by atoms with van der Waals surface area (Å²) in [7, 11) is 0. The molecule has 3 aliphatic rings. The van der Waals surface area contributed by atoms with Crippen LogP contribution in [-0.4, -0.2) is 81.8 Å². The summed E-state index contributed by atoms with van der Waals surface area (Å²) in [6.45, 7) is 15.1. The molecular formula is C58H60N4O6S2. The molecule has 0 saturated carbocycles. The van der Waals surface area contributed by atoms with Crippen molar-refractivity contribution >= 4 is 91.4 Å². The van der Waals surface area contributed by atoms with Gasteiger partial charge in [0.1, 0.15) is 4.32 Å². The summed E-state index contributed by atoms with van der Waals surface area (Å²) in [6, 6.07) is 36.3. The maximum atomic E-state index is 13.8. The molecule has 0 bridgehead atoms. The second-order valence-corrected chi connectivity index (χ2v) is 20.8. The van der Waals surface area contributed by atoms with Crippen molar-refractivity contribution in [3.63, 3.8) is 0 Å². The molecule has 5 aromatic rings. The number of benzene rings is 5. The lowest BCUT2D eigenvalue weighted by Crippen LogP contribution is -2.41. The van der Waals surface area contributed by atoms with Gasteiger partial charge in [-0.05, 0) is 83.0 Å². The number of aliphatic carboxylic acids is 2. The zero-order chi connectivity index (χ0) is 49.9.